The van der Waals surface area contributed by atoms with Gasteiger partial charge in [-0.1, -0.05) is 48.5 Å². The number of nitrogens with zero attached hydrogens (tertiary/aromatic N) is 2. The van der Waals surface area contributed by atoms with Gasteiger partial charge < -0.3 is 15.1 Å². The van der Waals surface area contributed by atoms with Crippen molar-refractivity contribution >= 4 is 5.69 Å². The third-order valence-electron chi connectivity index (χ3n) is 4.26. The lowest BCUT2D eigenvalue weighted by molar-refractivity contribution is 0.416. The number of para-hydroxylation sites is 1. The highest BCUT2D eigenvalue weighted by Crippen LogP contribution is 2.20. The van der Waals surface area contributed by atoms with Gasteiger partial charge in [-0.2, -0.15) is 0 Å². The summed E-state index contributed by atoms with van der Waals surface area (Å²) in [4.78, 5) is 4.60. The van der Waals surface area contributed by atoms with Gasteiger partial charge >= 0.3 is 0 Å². The van der Waals surface area contributed by atoms with Crippen LogP contribution in [0.25, 0.3) is 0 Å². The van der Waals surface area contributed by atoms with Crippen molar-refractivity contribution in [1.29, 1.82) is 0 Å². The van der Waals surface area contributed by atoms with Crippen LogP contribution in [0.5, 0.6) is 0 Å². The highest BCUT2D eigenvalue weighted by Gasteiger charge is 2.07. The molecule has 0 amide bonds. The molecule has 0 aliphatic rings. The standard InChI is InChI=1S/C21H31N3/c1-23(2)16-17-24(3)21-14-8-7-12-20(21)13-9-15-22-18-19-10-5-4-6-11-19/h4-8,10-12,14,22H,9,13,15-18H2,1-3H3. The molecular weight excluding hydrogens is 294 g/mol. The molecule has 0 heterocycles. The Morgan fingerprint density at radius 3 is 2.29 bits per heavy atom. The van der Waals surface area contributed by atoms with Crippen molar-refractivity contribution in [2.75, 3.05) is 45.7 Å². The van der Waals surface area contributed by atoms with Gasteiger partial charge in [0.2, 0.25) is 0 Å². The molecule has 0 saturated carbocycles. The van der Waals surface area contributed by atoms with E-state index in [4.69, 9.17) is 0 Å². The molecule has 0 aliphatic carbocycles. The summed E-state index contributed by atoms with van der Waals surface area (Å²) in [5.41, 5.74) is 4.16. The number of anilines is 1. The molecule has 0 fully saturated rings. The summed E-state index contributed by atoms with van der Waals surface area (Å²) in [5.74, 6) is 0. The summed E-state index contributed by atoms with van der Waals surface area (Å²) < 4.78 is 0. The molecule has 1 N–H and O–H groups in total. The van der Waals surface area contributed by atoms with E-state index in [1.54, 1.807) is 0 Å². The van der Waals surface area contributed by atoms with Gasteiger partial charge in [-0.3, -0.25) is 0 Å². The highest BCUT2D eigenvalue weighted by molar-refractivity contribution is 5.53. The molecule has 3 nitrogen and oxygen atoms in total. The van der Waals surface area contributed by atoms with E-state index in [0.29, 0.717) is 0 Å². The predicted molar refractivity (Wildman–Crippen MR) is 105 cm³/mol. The van der Waals surface area contributed by atoms with Crippen LogP contribution >= 0.6 is 0 Å². The number of nitrogens with one attached hydrogen (secondary N) is 1. The van der Waals surface area contributed by atoms with E-state index < -0.39 is 0 Å². The number of hydrogen-bond donors (Lipinski definition) is 1. The molecule has 0 saturated heterocycles. The lowest BCUT2D eigenvalue weighted by Crippen LogP contribution is -2.29. The minimum Gasteiger partial charge on any atom is -0.373 e. The monoisotopic (exact) mass is 325 g/mol. The van der Waals surface area contributed by atoms with E-state index in [-0.39, 0.29) is 0 Å². The number of likely N-dealkylation sites (N-methyl/N-ethyl adjacent to an activating group) is 2. The first-order chi connectivity index (χ1) is 11.7. The molecule has 2 aromatic carbocycles. The van der Waals surface area contributed by atoms with Gasteiger partial charge in [0, 0.05) is 32.4 Å². The number of hydrogen-bond acceptors (Lipinski definition) is 3. The minimum absolute atomic E-state index is 0.950. The zero-order chi connectivity index (χ0) is 17.2. The molecule has 0 unspecified atom stereocenters. The van der Waals surface area contributed by atoms with Gasteiger partial charge in [0.25, 0.3) is 0 Å². The summed E-state index contributed by atoms with van der Waals surface area (Å²) in [6.45, 7) is 4.12. The quantitative estimate of drug-likeness (QED) is 0.675. The molecule has 2 rings (SSSR count). The van der Waals surface area contributed by atoms with Crippen LogP contribution in [0.15, 0.2) is 54.6 Å². The maximum Gasteiger partial charge on any atom is 0.0396 e. The van der Waals surface area contributed by atoms with Crippen molar-refractivity contribution in [1.82, 2.24) is 10.2 Å². The average molecular weight is 326 g/mol. The molecule has 0 atom stereocenters. The number of aryl methyl sites for hydroxylation is 1. The summed E-state index contributed by atoms with van der Waals surface area (Å²) in [6, 6.07) is 19.4. The van der Waals surface area contributed by atoms with Crippen LogP contribution in [0.2, 0.25) is 0 Å². The van der Waals surface area contributed by atoms with Crippen LogP contribution in [-0.4, -0.2) is 45.7 Å². The molecule has 0 aliphatic heterocycles. The van der Waals surface area contributed by atoms with Gasteiger partial charge in [-0.05, 0) is 50.7 Å². The maximum absolute atomic E-state index is 3.54. The van der Waals surface area contributed by atoms with Crippen molar-refractivity contribution < 1.29 is 0 Å². The van der Waals surface area contributed by atoms with Crippen molar-refractivity contribution in [2.45, 2.75) is 19.4 Å². The Balaban J connectivity index is 1.77. The second-order valence-corrected chi connectivity index (χ2v) is 6.62. The van der Waals surface area contributed by atoms with Crippen LogP contribution in [0, 0.1) is 0 Å². The van der Waals surface area contributed by atoms with Crippen LogP contribution in [-0.2, 0) is 13.0 Å². The summed E-state index contributed by atoms with van der Waals surface area (Å²) in [6.07, 6.45) is 2.27. The lowest BCUT2D eigenvalue weighted by Gasteiger charge is -2.24. The Kier molecular flexibility index (Phi) is 7.80. The van der Waals surface area contributed by atoms with E-state index in [9.17, 15) is 0 Å². The predicted octanol–water partition coefficient (Wildman–Crippen LogP) is 3.41. The first kappa shape index (κ1) is 18.5. The van der Waals surface area contributed by atoms with Crippen LogP contribution in [0.4, 0.5) is 5.69 Å². The SMILES string of the molecule is CN(C)CCN(C)c1ccccc1CCCNCc1ccccc1. The topological polar surface area (TPSA) is 18.5 Å². The summed E-state index contributed by atoms with van der Waals surface area (Å²) >= 11 is 0. The first-order valence-electron chi connectivity index (χ1n) is 8.85. The summed E-state index contributed by atoms with van der Waals surface area (Å²) in [7, 11) is 6.44. The number of benzene rings is 2. The zero-order valence-corrected chi connectivity index (χ0v) is 15.3. The van der Waals surface area contributed by atoms with Gasteiger partial charge in [0.15, 0.2) is 0 Å². The molecular formula is C21H31N3. The molecule has 2 aromatic rings. The van der Waals surface area contributed by atoms with Crippen LogP contribution < -0.4 is 10.2 Å². The Morgan fingerprint density at radius 1 is 0.833 bits per heavy atom. The van der Waals surface area contributed by atoms with Crippen molar-refractivity contribution in [3.05, 3.63) is 65.7 Å². The minimum atomic E-state index is 0.950. The Morgan fingerprint density at radius 2 is 1.54 bits per heavy atom. The molecule has 3 heteroatoms. The van der Waals surface area contributed by atoms with E-state index >= 15 is 0 Å². The van der Waals surface area contributed by atoms with Crippen LogP contribution in [0.1, 0.15) is 17.5 Å². The highest BCUT2D eigenvalue weighted by atomic mass is 15.2. The lowest BCUT2D eigenvalue weighted by atomic mass is 10.1. The Hall–Kier alpha value is -1.84. The molecule has 0 spiro atoms. The van der Waals surface area contributed by atoms with Gasteiger partial charge in [-0.25, -0.2) is 0 Å². The normalized spacial score (nSPS) is 11.0. The molecule has 24 heavy (non-hydrogen) atoms. The molecule has 0 bridgehead atoms. The maximum atomic E-state index is 3.54. The van der Waals surface area contributed by atoms with Gasteiger partial charge in [-0.15, -0.1) is 0 Å². The molecule has 130 valence electrons. The van der Waals surface area contributed by atoms with E-state index in [1.807, 2.05) is 0 Å². The van der Waals surface area contributed by atoms with E-state index in [2.05, 4.69) is 90.9 Å². The van der Waals surface area contributed by atoms with Gasteiger partial charge in [0.1, 0.15) is 0 Å². The van der Waals surface area contributed by atoms with Crippen LogP contribution in [0.3, 0.4) is 0 Å². The third kappa shape index (κ3) is 6.34. The molecule has 0 radical (unpaired) electrons. The van der Waals surface area contributed by atoms with Gasteiger partial charge in [0.05, 0.1) is 0 Å². The summed E-state index contributed by atoms with van der Waals surface area (Å²) in [5, 5.41) is 3.54. The van der Waals surface area contributed by atoms with E-state index in [1.165, 1.54) is 16.8 Å². The second kappa shape index (κ2) is 10.1. The third-order valence-corrected chi connectivity index (χ3v) is 4.26. The average Bonchev–Trinajstić information content (AvgIpc) is 2.60. The fourth-order valence-corrected chi connectivity index (χ4v) is 2.80. The Labute approximate surface area is 147 Å². The smallest absolute Gasteiger partial charge is 0.0396 e. The van der Waals surface area contributed by atoms with Crippen molar-refractivity contribution in [2.24, 2.45) is 0 Å². The van der Waals surface area contributed by atoms with Crippen molar-refractivity contribution in [3.8, 4) is 0 Å². The van der Waals surface area contributed by atoms with E-state index in [0.717, 1.165) is 39.0 Å². The first-order valence-corrected chi connectivity index (χ1v) is 8.85. The van der Waals surface area contributed by atoms with Crippen molar-refractivity contribution in [3.63, 3.8) is 0 Å². The zero-order valence-electron chi connectivity index (χ0n) is 15.3. The Bertz CT molecular complexity index is 581. The fraction of sp³-hybridized carbons (Fsp3) is 0.429. The fourth-order valence-electron chi connectivity index (χ4n) is 2.80. The number of rotatable bonds is 10. The largest absolute Gasteiger partial charge is 0.373 e. The second-order valence-electron chi connectivity index (χ2n) is 6.62. The molecule has 0 aromatic heterocycles.